The van der Waals surface area contributed by atoms with E-state index in [1.54, 1.807) is 0 Å². The van der Waals surface area contributed by atoms with Gasteiger partial charge in [-0.05, 0) is 80.6 Å². The quantitative estimate of drug-likeness (QED) is 0.176. The molecule has 8 aromatic carbocycles. The molecule has 3 nitrogen and oxygen atoms in total. The van der Waals surface area contributed by atoms with Gasteiger partial charge in [-0.1, -0.05) is 158 Å². The summed E-state index contributed by atoms with van der Waals surface area (Å²) in [7, 11) is 0. The molecule has 0 aliphatic heterocycles. The number of nitrogens with zero attached hydrogens (tertiary/aromatic N) is 2. The molecule has 0 fully saturated rings. The molecular weight excluding hydrogens is 645 g/mol. The van der Waals surface area contributed by atoms with Crippen LogP contribution < -0.4 is 0 Å². The molecule has 10 rings (SSSR count). The zero-order valence-corrected chi connectivity index (χ0v) is 28.8. The number of hydrogen-bond acceptors (Lipinski definition) is 3. The average Bonchev–Trinajstić information content (AvgIpc) is 3.63. The number of para-hydroxylation sites is 1. The Labute approximate surface area is 307 Å². The first-order valence-electron chi connectivity index (χ1n) is 17.9. The molecule has 2 heterocycles. The molecule has 0 radical (unpaired) electrons. The molecule has 10 aromatic rings. The lowest BCUT2D eigenvalue weighted by atomic mass is 9.91. The van der Waals surface area contributed by atoms with Crippen LogP contribution in [0.2, 0.25) is 0 Å². The minimum Gasteiger partial charge on any atom is -0.456 e. The number of fused-ring (bicyclic) bond motifs is 4. The topological polar surface area (TPSA) is 38.9 Å². The third-order valence-electron chi connectivity index (χ3n) is 10.1. The highest BCUT2D eigenvalue weighted by Crippen LogP contribution is 2.41. The fraction of sp³-hybridized carbons (Fsp3) is 0. The van der Waals surface area contributed by atoms with Crippen LogP contribution in [0.4, 0.5) is 0 Å². The van der Waals surface area contributed by atoms with Crippen LogP contribution in [-0.4, -0.2) is 9.97 Å². The van der Waals surface area contributed by atoms with Gasteiger partial charge in [-0.15, -0.1) is 0 Å². The third-order valence-corrected chi connectivity index (χ3v) is 10.1. The Morgan fingerprint density at radius 3 is 1.74 bits per heavy atom. The van der Waals surface area contributed by atoms with Crippen LogP contribution in [0.5, 0.6) is 0 Å². The van der Waals surface area contributed by atoms with Gasteiger partial charge >= 0.3 is 0 Å². The Morgan fingerprint density at radius 1 is 0.321 bits per heavy atom. The fourth-order valence-electron chi connectivity index (χ4n) is 7.59. The van der Waals surface area contributed by atoms with Crippen molar-refractivity contribution < 1.29 is 4.42 Å². The zero-order chi connectivity index (χ0) is 35.1. The SMILES string of the molecule is c1ccc(-c2cc(-c3cc(-c4ccccc4-c4cccc5ccccc45)nc(-c4ccccc4)n3)cc(-c3cccc4oc5ccccc5c34)c2)cc1. The van der Waals surface area contributed by atoms with Gasteiger partial charge in [0.2, 0.25) is 0 Å². The summed E-state index contributed by atoms with van der Waals surface area (Å²) in [6.45, 7) is 0. The summed E-state index contributed by atoms with van der Waals surface area (Å²) in [4.78, 5) is 10.6. The second-order valence-electron chi connectivity index (χ2n) is 13.3. The summed E-state index contributed by atoms with van der Waals surface area (Å²) in [6.07, 6.45) is 0. The van der Waals surface area contributed by atoms with Crippen LogP contribution >= 0.6 is 0 Å². The first-order valence-corrected chi connectivity index (χ1v) is 17.9. The minimum atomic E-state index is 0.681. The second kappa shape index (κ2) is 12.9. The first kappa shape index (κ1) is 30.7. The number of hydrogen-bond donors (Lipinski definition) is 0. The van der Waals surface area contributed by atoms with Crippen molar-refractivity contribution in [3.05, 3.63) is 194 Å². The van der Waals surface area contributed by atoms with Crippen molar-refractivity contribution >= 4 is 32.7 Å². The fourth-order valence-corrected chi connectivity index (χ4v) is 7.59. The van der Waals surface area contributed by atoms with Crippen molar-refractivity contribution in [3.63, 3.8) is 0 Å². The Bertz CT molecular complexity index is 2940. The molecule has 0 saturated heterocycles. The van der Waals surface area contributed by atoms with Gasteiger partial charge < -0.3 is 4.42 Å². The third kappa shape index (κ3) is 5.56. The maximum Gasteiger partial charge on any atom is 0.160 e. The smallest absolute Gasteiger partial charge is 0.160 e. The monoisotopic (exact) mass is 676 g/mol. The summed E-state index contributed by atoms with van der Waals surface area (Å²) in [6, 6.07) is 68.0. The average molecular weight is 677 g/mol. The predicted molar refractivity (Wildman–Crippen MR) is 219 cm³/mol. The van der Waals surface area contributed by atoms with Crippen LogP contribution in [0.3, 0.4) is 0 Å². The van der Waals surface area contributed by atoms with Crippen molar-refractivity contribution in [2.45, 2.75) is 0 Å². The summed E-state index contributed by atoms with van der Waals surface area (Å²) in [5.41, 5.74) is 13.3. The van der Waals surface area contributed by atoms with Crippen LogP contribution in [0, 0.1) is 0 Å². The molecule has 0 unspecified atom stereocenters. The molecule has 0 saturated carbocycles. The van der Waals surface area contributed by atoms with Gasteiger partial charge in [0.25, 0.3) is 0 Å². The largest absolute Gasteiger partial charge is 0.456 e. The Kier molecular flexibility index (Phi) is 7.47. The molecule has 0 aliphatic rings. The molecule has 0 atom stereocenters. The van der Waals surface area contributed by atoms with Crippen LogP contribution in [-0.2, 0) is 0 Å². The lowest BCUT2D eigenvalue weighted by Crippen LogP contribution is -1.98. The Hall–Kier alpha value is -7.10. The number of aromatic nitrogens is 2. The summed E-state index contributed by atoms with van der Waals surface area (Å²) in [5.74, 6) is 0.681. The van der Waals surface area contributed by atoms with Gasteiger partial charge in [0.05, 0.1) is 11.4 Å². The van der Waals surface area contributed by atoms with E-state index in [0.29, 0.717) is 5.82 Å². The van der Waals surface area contributed by atoms with Gasteiger partial charge in [0.15, 0.2) is 5.82 Å². The standard InChI is InChI=1S/C50H32N2O/c1-3-15-33(16-4-1)36-29-37(40-25-14-28-48-49(40)44-24-11-12-27-47(44)53-48)31-38(30-36)45-32-46(52-50(51-45)35-18-5-2-6-19-35)43-23-10-9-22-42(43)41-26-13-20-34-17-7-8-21-39(34)41/h1-32H. The molecule has 2 aromatic heterocycles. The Balaban J connectivity index is 1.23. The van der Waals surface area contributed by atoms with Crippen molar-refractivity contribution in [1.29, 1.82) is 0 Å². The molecule has 0 spiro atoms. The van der Waals surface area contributed by atoms with Crippen LogP contribution in [0.15, 0.2) is 199 Å². The van der Waals surface area contributed by atoms with E-state index >= 15 is 0 Å². The highest BCUT2D eigenvalue weighted by molar-refractivity contribution is 6.12. The predicted octanol–water partition coefficient (Wildman–Crippen LogP) is 13.5. The van der Waals surface area contributed by atoms with E-state index in [-0.39, 0.29) is 0 Å². The molecule has 0 bridgehead atoms. The maximum absolute atomic E-state index is 6.33. The summed E-state index contributed by atoms with van der Waals surface area (Å²) in [5, 5.41) is 4.63. The van der Waals surface area contributed by atoms with Gasteiger partial charge in [0.1, 0.15) is 11.2 Å². The van der Waals surface area contributed by atoms with E-state index in [4.69, 9.17) is 14.4 Å². The van der Waals surface area contributed by atoms with Gasteiger partial charge in [0, 0.05) is 27.5 Å². The second-order valence-corrected chi connectivity index (χ2v) is 13.3. The van der Waals surface area contributed by atoms with Crippen molar-refractivity contribution in [2.75, 3.05) is 0 Å². The van der Waals surface area contributed by atoms with E-state index in [2.05, 4.69) is 164 Å². The van der Waals surface area contributed by atoms with Gasteiger partial charge in [-0.25, -0.2) is 9.97 Å². The van der Waals surface area contributed by atoms with E-state index < -0.39 is 0 Å². The van der Waals surface area contributed by atoms with Crippen molar-refractivity contribution in [3.8, 4) is 67.3 Å². The Morgan fingerprint density at radius 2 is 0.887 bits per heavy atom. The van der Waals surface area contributed by atoms with E-state index in [9.17, 15) is 0 Å². The van der Waals surface area contributed by atoms with E-state index in [0.717, 1.165) is 77.8 Å². The lowest BCUT2D eigenvalue weighted by Gasteiger charge is -2.16. The van der Waals surface area contributed by atoms with E-state index in [1.807, 2.05) is 30.3 Å². The number of rotatable bonds is 6. The van der Waals surface area contributed by atoms with Crippen LogP contribution in [0.25, 0.3) is 100.0 Å². The number of benzene rings is 8. The minimum absolute atomic E-state index is 0.681. The zero-order valence-electron chi connectivity index (χ0n) is 28.8. The molecule has 0 aliphatic carbocycles. The lowest BCUT2D eigenvalue weighted by molar-refractivity contribution is 0.669. The van der Waals surface area contributed by atoms with Crippen molar-refractivity contribution in [1.82, 2.24) is 9.97 Å². The van der Waals surface area contributed by atoms with Crippen LogP contribution in [0.1, 0.15) is 0 Å². The highest BCUT2D eigenvalue weighted by Gasteiger charge is 2.18. The van der Waals surface area contributed by atoms with Gasteiger partial charge in [-0.3, -0.25) is 0 Å². The maximum atomic E-state index is 6.33. The molecule has 0 N–H and O–H groups in total. The molecule has 3 heteroatoms. The molecule has 0 amide bonds. The molecule has 53 heavy (non-hydrogen) atoms. The summed E-state index contributed by atoms with van der Waals surface area (Å²) < 4.78 is 6.33. The molecular formula is C50H32N2O. The first-order chi connectivity index (χ1) is 26.3. The molecule has 248 valence electrons. The van der Waals surface area contributed by atoms with Crippen molar-refractivity contribution in [2.24, 2.45) is 0 Å². The van der Waals surface area contributed by atoms with Gasteiger partial charge in [-0.2, -0.15) is 0 Å². The normalized spacial score (nSPS) is 11.4. The highest BCUT2D eigenvalue weighted by atomic mass is 16.3. The number of furan rings is 1. The van der Waals surface area contributed by atoms with E-state index in [1.165, 1.54) is 16.3 Å². The summed E-state index contributed by atoms with van der Waals surface area (Å²) >= 11 is 0.